The number of hydrogen-bond donors (Lipinski definition) is 1. The number of aromatic amines is 1. The molecule has 1 aromatic carbocycles. The first-order valence-corrected chi connectivity index (χ1v) is 7.72. The number of carbonyl (C=O) groups is 2. The van der Waals surface area contributed by atoms with Gasteiger partial charge in [-0.15, -0.1) is 0 Å². The molecule has 1 aliphatic rings. The molecule has 0 spiro atoms. The molecule has 1 fully saturated rings. The van der Waals surface area contributed by atoms with Crippen molar-refractivity contribution in [3.63, 3.8) is 0 Å². The van der Waals surface area contributed by atoms with Crippen LogP contribution in [0.1, 0.15) is 11.4 Å². The summed E-state index contributed by atoms with van der Waals surface area (Å²) in [4.78, 5) is 46.2. The van der Waals surface area contributed by atoms with Gasteiger partial charge in [0.2, 0.25) is 11.8 Å². The Morgan fingerprint density at radius 3 is 2.62 bits per heavy atom. The van der Waals surface area contributed by atoms with Crippen molar-refractivity contribution in [2.45, 2.75) is 13.3 Å². The number of piperazine rings is 1. The molecule has 1 aliphatic heterocycles. The molecule has 0 atom stereocenters. The van der Waals surface area contributed by atoms with Gasteiger partial charge in [-0.2, -0.15) is 0 Å². The van der Waals surface area contributed by atoms with E-state index in [2.05, 4.69) is 9.97 Å². The highest BCUT2D eigenvalue weighted by Gasteiger charge is 2.28. The summed E-state index contributed by atoms with van der Waals surface area (Å²) in [5.74, 6) is 0.131. The Bertz CT molecular complexity index is 816. The van der Waals surface area contributed by atoms with Crippen molar-refractivity contribution in [2.24, 2.45) is 0 Å². The smallest absolute Gasteiger partial charge is 0.254 e. The van der Waals surface area contributed by atoms with Gasteiger partial charge in [0, 0.05) is 30.5 Å². The number of para-hydroxylation sites is 1. The van der Waals surface area contributed by atoms with E-state index in [1.54, 1.807) is 11.8 Å². The van der Waals surface area contributed by atoms with Crippen LogP contribution in [-0.4, -0.2) is 46.3 Å². The molecule has 0 radical (unpaired) electrons. The highest BCUT2D eigenvalue weighted by atomic mass is 16.2. The minimum Gasteiger partial charge on any atom is -0.331 e. The molecule has 0 aliphatic carbocycles. The predicted molar refractivity (Wildman–Crippen MR) is 88.7 cm³/mol. The second kappa shape index (κ2) is 6.66. The Morgan fingerprint density at radius 1 is 1.21 bits per heavy atom. The monoisotopic (exact) mass is 326 g/mol. The van der Waals surface area contributed by atoms with Gasteiger partial charge < -0.3 is 14.8 Å². The Labute approximate surface area is 138 Å². The second-order valence-electron chi connectivity index (χ2n) is 5.70. The van der Waals surface area contributed by atoms with Crippen LogP contribution in [0.4, 0.5) is 5.69 Å². The normalized spacial score (nSPS) is 14.8. The molecule has 0 unspecified atom stereocenters. The molecule has 1 aromatic heterocycles. The van der Waals surface area contributed by atoms with Crippen LogP contribution in [0.25, 0.3) is 0 Å². The number of H-pyrrole nitrogens is 1. The van der Waals surface area contributed by atoms with Crippen molar-refractivity contribution < 1.29 is 9.59 Å². The van der Waals surface area contributed by atoms with Crippen molar-refractivity contribution in [1.82, 2.24) is 14.9 Å². The van der Waals surface area contributed by atoms with E-state index in [0.717, 1.165) is 5.69 Å². The fourth-order valence-electron chi connectivity index (χ4n) is 2.68. The summed E-state index contributed by atoms with van der Waals surface area (Å²) in [5, 5.41) is 0. The predicted octanol–water partition coefficient (Wildman–Crippen LogP) is 0.496. The quantitative estimate of drug-likeness (QED) is 0.890. The zero-order valence-corrected chi connectivity index (χ0v) is 13.4. The number of hydrogen-bond acceptors (Lipinski definition) is 4. The maximum Gasteiger partial charge on any atom is 0.254 e. The lowest BCUT2D eigenvalue weighted by molar-refractivity contribution is -0.136. The largest absolute Gasteiger partial charge is 0.331 e. The molecule has 3 rings (SSSR count). The van der Waals surface area contributed by atoms with Gasteiger partial charge in [-0.25, -0.2) is 4.98 Å². The maximum absolute atomic E-state index is 12.4. The molecule has 0 saturated carbocycles. The zero-order valence-electron chi connectivity index (χ0n) is 13.4. The maximum atomic E-state index is 12.4. The van der Waals surface area contributed by atoms with Gasteiger partial charge in [0.15, 0.2) is 0 Å². The number of anilines is 1. The summed E-state index contributed by atoms with van der Waals surface area (Å²) in [7, 11) is 0. The van der Waals surface area contributed by atoms with Gasteiger partial charge in [0.05, 0.1) is 6.42 Å². The van der Waals surface area contributed by atoms with E-state index < -0.39 is 0 Å². The topological polar surface area (TPSA) is 86.4 Å². The standard InChI is InChI=1S/C17H18N4O3/c1-12-18-10-13(17(24)19-12)9-15(22)20-7-8-21(16(23)11-20)14-5-3-2-4-6-14/h2-6,10H,7-9,11H2,1H3,(H,18,19,24). The van der Waals surface area contributed by atoms with Crippen LogP contribution in [0.2, 0.25) is 0 Å². The molecular weight excluding hydrogens is 308 g/mol. The Hall–Kier alpha value is -2.96. The second-order valence-corrected chi connectivity index (χ2v) is 5.70. The van der Waals surface area contributed by atoms with Gasteiger partial charge in [-0.1, -0.05) is 18.2 Å². The van der Waals surface area contributed by atoms with Crippen molar-refractivity contribution in [3.05, 3.63) is 58.3 Å². The first-order chi connectivity index (χ1) is 11.5. The van der Waals surface area contributed by atoms with Gasteiger partial charge in [0.25, 0.3) is 5.56 Å². The minimum absolute atomic E-state index is 0.0188. The third kappa shape index (κ3) is 3.34. The molecular formula is C17H18N4O3. The number of benzene rings is 1. The van der Waals surface area contributed by atoms with E-state index in [9.17, 15) is 14.4 Å². The molecule has 1 N–H and O–H groups in total. The lowest BCUT2D eigenvalue weighted by Crippen LogP contribution is -2.53. The van der Waals surface area contributed by atoms with Gasteiger partial charge in [-0.05, 0) is 19.1 Å². The molecule has 7 nitrogen and oxygen atoms in total. The number of nitrogens with one attached hydrogen (secondary N) is 1. The number of aryl methyl sites for hydroxylation is 1. The van der Waals surface area contributed by atoms with Crippen molar-refractivity contribution in [3.8, 4) is 0 Å². The minimum atomic E-state index is -0.315. The van der Waals surface area contributed by atoms with E-state index in [1.165, 1.54) is 11.1 Å². The highest BCUT2D eigenvalue weighted by Crippen LogP contribution is 2.16. The number of nitrogens with zero attached hydrogens (tertiary/aromatic N) is 3. The summed E-state index contributed by atoms with van der Waals surface area (Å²) in [5.41, 5.74) is 0.822. The average Bonchev–Trinajstić information content (AvgIpc) is 2.58. The van der Waals surface area contributed by atoms with Gasteiger partial charge in [0.1, 0.15) is 12.4 Å². The lowest BCUT2D eigenvalue weighted by Gasteiger charge is -2.34. The zero-order chi connectivity index (χ0) is 17.1. The third-order valence-corrected chi connectivity index (χ3v) is 3.98. The van der Waals surface area contributed by atoms with Crippen LogP contribution in [-0.2, 0) is 16.0 Å². The highest BCUT2D eigenvalue weighted by molar-refractivity contribution is 5.98. The lowest BCUT2D eigenvalue weighted by atomic mass is 10.2. The van der Waals surface area contributed by atoms with Crippen molar-refractivity contribution >= 4 is 17.5 Å². The van der Waals surface area contributed by atoms with E-state index in [4.69, 9.17) is 0 Å². The fraction of sp³-hybridized carbons (Fsp3) is 0.294. The van der Waals surface area contributed by atoms with Crippen molar-refractivity contribution in [2.75, 3.05) is 24.5 Å². The molecule has 2 aromatic rings. The summed E-state index contributed by atoms with van der Waals surface area (Å²) >= 11 is 0. The van der Waals surface area contributed by atoms with E-state index in [1.807, 2.05) is 30.3 Å². The molecule has 2 amide bonds. The molecule has 24 heavy (non-hydrogen) atoms. The molecule has 0 bridgehead atoms. The Morgan fingerprint density at radius 2 is 1.96 bits per heavy atom. The molecule has 1 saturated heterocycles. The van der Waals surface area contributed by atoms with Crippen molar-refractivity contribution in [1.29, 1.82) is 0 Å². The molecule has 7 heteroatoms. The van der Waals surface area contributed by atoms with Crippen LogP contribution in [0.15, 0.2) is 41.3 Å². The number of carbonyl (C=O) groups excluding carboxylic acids is 2. The number of amides is 2. The van der Waals surface area contributed by atoms with Gasteiger partial charge in [-0.3, -0.25) is 14.4 Å². The van der Waals surface area contributed by atoms with E-state index in [-0.39, 0.29) is 30.3 Å². The summed E-state index contributed by atoms with van der Waals surface area (Å²) < 4.78 is 0. The first-order valence-electron chi connectivity index (χ1n) is 7.72. The van der Waals surface area contributed by atoms with E-state index in [0.29, 0.717) is 24.5 Å². The van der Waals surface area contributed by atoms with E-state index >= 15 is 0 Å². The van der Waals surface area contributed by atoms with Crippen LogP contribution in [0.5, 0.6) is 0 Å². The summed E-state index contributed by atoms with van der Waals surface area (Å²) in [6, 6.07) is 9.37. The molecule has 2 heterocycles. The summed E-state index contributed by atoms with van der Waals surface area (Å²) in [6.07, 6.45) is 1.36. The van der Waals surface area contributed by atoms with Crippen LogP contribution < -0.4 is 10.5 Å². The number of aromatic nitrogens is 2. The SMILES string of the molecule is Cc1ncc(CC(=O)N2CCN(c3ccccc3)C(=O)C2)c(=O)[nH]1. The van der Waals surface area contributed by atoms with Crippen LogP contribution >= 0.6 is 0 Å². The summed E-state index contributed by atoms with van der Waals surface area (Å²) in [6.45, 7) is 2.58. The van der Waals surface area contributed by atoms with Gasteiger partial charge >= 0.3 is 0 Å². The van der Waals surface area contributed by atoms with Crippen LogP contribution in [0, 0.1) is 6.92 Å². The molecule has 124 valence electrons. The average molecular weight is 326 g/mol. The Balaban J connectivity index is 1.66. The van der Waals surface area contributed by atoms with Crippen LogP contribution in [0.3, 0.4) is 0 Å². The third-order valence-electron chi connectivity index (χ3n) is 3.98. The first kappa shape index (κ1) is 15.9. The fourth-order valence-corrected chi connectivity index (χ4v) is 2.68. The Kier molecular flexibility index (Phi) is 4.41. The number of rotatable bonds is 3.